The van der Waals surface area contributed by atoms with Gasteiger partial charge in [-0.05, 0) is 43.2 Å². The van der Waals surface area contributed by atoms with Crippen molar-refractivity contribution in [3.8, 4) is 0 Å². The Balaban J connectivity index is 1.58. The second-order valence-electron chi connectivity index (χ2n) is 6.23. The van der Waals surface area contributed by atoms with Crippen LogP contribution in [0, 0.1) is 5.82 Å². The number of nitrogens with zero attached hydrogens (tertiary/aromatic N) is 1. The number of halogens is 1. The van der Waals surface area contributed by atoms with E-state index in [0.29, 0.717) is 11.9 Å². The molecule has 0 unspecified atom stereocenters. The van der Waals surface area contributed by atoms with Crippen LogP contribution in [0.1, 0.15) is 48.9 Å². The van der Waals surface area contributed by atoms with Gasteiger partial charge in [-0.2, -0.15) is 0 Å². The summed E-state index contributed by atoms with van der Waals surface area (Å²) in [7, 11) is 0. The average Bonchev–Trinajstić information content (AvgIpc) is 2.85. The molecule has 0 radical (unpaired) electrons. The van der Waals surface area contributed by atoms with Gasteiger partial charge >= 0.3 is 0 Å². The molecule has 126 valence electrons. The maximum Gasteiger partial charge on any atom is 0.256 e. The van der Waals surface area contributed by atoms with Crippen LogP contribution < -0.4 is 10.6 Å². The lowest BCUT2D eigenvalue weighted by molar-refractivity contribution is 0.102. The smallest absolute Gasteiger partial charge is 0.256 e. The number of nitrogens with one attached hydrogen (secondary N) is 2. The summed E-state index contributed by atoms with van der Waals surface area (Å²) in [6, 6.07) is 9.77. The fourth-order valence-electron chi connectivity index (χ4n) is 3.03. The number of carbonyl (C=O) groups is 1. The standard InChI is InChI=1S/C19H22FN3O/c20-15-7-5-6-14(12-15)19(24)23-18-11-10-17(13-21-18)22-16-8-3-1-2-4-9-16/h5-7,10-13,16,22H,1-4,8-9H2,(H,21,23,24). The molecule has 0 bridgehead atoms. The van der Waals surface area contributed by atoms with E-state index in [1.165, 1.54) is 56.7 Å². The zero-order valence-corrected chi connectivity index (χ0v) is 13.6. The SMILES string of the molecule is O=C(Nc1ccc(NC2CCCCCC2)cn1)c1cccc(F)c1. The highest BCUT2D eigenvalue weighted by Crippen LogP contribution is 2.21. The highest BCUT2D eigenvalue weighted by Gasteiger charge is 2.12. The molecule has 4 nitrogen and oxygen atoms in total. The summed E-state index contributed by atoms with van der Waals surface area (Å²) < 4.78 is 13.2. The number of pyridine rings is 1. The van der Waals surface area contributed by atoms with Crippen molar-refractivity contribution < 1.29 is 9.18 Å². The first-order valence-corrected chi connectivity index (χ1v) is 8.50. The Morgan fingerprint density at radius 1 is 1.08 bits per heavy atom. The van der Waals surface area contributed by atoms with Crippen molar-refractivity contribution in [2.75, 3.05) is 10.6 Å². The fraction of sp³-hybridized carbons (Fsp3) is 0.368. The van der Waals surface area contributed by atoms with Gasteiger partial charge in [0.05, 0.1) is 11.9 Å². The first-order chi connectivity index (χ1) is 11.7. The lowest BCUT2D eigenvalue weighted by Crippen LogP contribution is -2.18. The molecule has 3 rings (SSSR count). The normalized spacial score (nSPS) is 15.5. The van der Waals surface area contributed by atoms with Crippen LogP contribution in [0.3, 0.4) is 0 Å². The molecule has 1 aromatic heterocycles. The molecule has 24 heavy (non-hydrogen) atoms. The Labute approximate surface area is 141 Å². The number of anilines is 2. The van der Waals surface area contributed by atoms with Gasteiger partial charge in [-0.1, -0.05) is 31.7 Å². The Bertz CT molecular complexity index is 679. The quantitative estimate of drug-likeness (QED) is 0.806. The third kappa shape index (κ3) is 4.54. The minimum atomic E-state index is -0.432. The van der Waals surface area contributed by atoms with Gasteiger partial charge < -0.3 is 10.6 Å². The fourth-order valence-corrected chi connectivity index (χ4v) is 3.03. The van der Waals surface area contributed by atoms with Crippen molar-refractivity contribution >= 4 is 17.4 Å². The van der Waals surface area contributed by atoms with E-state index in [4.69, 9.17) is 0 Å². The first-order valence-electron chi connectivity index (χ1n) is 8.50. The number of benzene rings is 1. The first kappa shape index (κ1) is 16.4. The summed E-state index contributed by atoms with van der Waals surface area (Å²) in [4.78, 5) is 16.3. The van der Waals surface area contributed by atoms with Crippen molar-refractivity contribution in [2.45, 2.75) is 44.6 Å². The summed E-state index contributed by atoms with van der Waals surface area (Å²) in [5.41, 5.74) is 1.24. The van der Waals surface area contributed by atoms with Gasteiger partial charge in [0.25, 0.3) is 5.91 Å². The number of hydrogen-bond acceptors (Lipinski definition) is 3. The van der Waals surface area contributed by atoms with Crippen LogP contribution in [0.25, 0.3) is 0 Å². The molecular formula is C19H22FN3O. The molecule has 1 aliphatic carbocycles. The summed E-state index contributed by atoms with van der Waals surface area (Å²) in [5, 5.41) is 6.20. The minimum Gasteiger partial charge on any atom is -0.381 e. The number of carbonyl (C=O) groups excluding carboxylic acids is 1. The van der Waals surface area contributed by atoms with Gasteiger partial charge in [0.2, 0.25) is 0 Å². The molecule has 5 heteroatoms. The van der Waals surface area contributed by atoms with E-state index in [-0.39, 0.29) is 11.5 Å². The van der Waals surface area contributed by atoms with Crippen molar-refractivity contribution in [3.05, 3.63) is 54.0 Å². The predicted octanol–water partition coefficient (Wildman–Crippen LogP) is 4.61. The second kappa shape index (κ2) is 7.90. The van der Waals surface area contributed by atoms with Crippen molar-refractivity contribution in [2.24, 2.45) is 0 Å². The Morgan fingerprint density at radius 3 is 2.54 bits per heavy atom. The summed E-state index contributed by atoms with van der Waals surface area (Å²) in [5.74, 6) is -0.347. The maximum absolute atomic E-state index is 13.2. The van der Waals surface area contributed by atoms with Crippen LogP contribution in [0.5, 0.6) is 0 Å². The molecular weight excluding hydrogens is 305 g/mol. The van der Waals surface area contributed by atoms with E-state index in [1.807, 2.05) is 6.07 Å². The maximum atomic E-state index is 13.2. The third-order valence-electron chi connectivity index (χ3n) is 4.32. The predicted molar refractivity (Wildman–Crippen MR) is 93.7 cm³/mol. The zero-order chi connectivity index (χ0) is 16.8. The van der Waals surface area contributed by atoms with Crippen LogP contribution in [0.4, 0.5) is 15.9 Å². The Kier molecular flexibility index (Phi) is 5.41. The molecule has 2 aromatic rings. The summed E-state index contributed by atoms with van der Waals surface area (Å²) >= 11 is 0. The van der Waals surface area contributed by atoms with Gasteiger partial charge in [0.15, 0.2) is 0 Å². The molecule has 1 heterocycles. The van der Waals surface area contributed by atoms with E-state index in [1.54, 1.807) is 18.3 Å². The lowest BCUT2D eigenvalue weighted by atomic mass is 10.1. The molecule has 0 saturated heterocycles. The monoisotopic (exact) mass is 327 g/mol. The van der Waals surface area contributed by atoms with Gasteiger partial charge in [0.1, 0.15) is 11.6 Å². The Morgan fingerprint density at radius 2 is 1.88 bits per heavy atom. The van der Waals surface area contributed by atoms with E-state index in [2.05, 4.69) is 15.6 Å². The average molecular weight is 327 g/mol. The van der Waals surface area contributed by atoms with Gasteiger partial charge in [0, 0.05) is 11.6 Å². The van der Waals surface area contributed by atoms with Crippen molar-refractivity contribution in [1.29, 1.82) is 0 Å². The lowest BCUT2D eigenvalue weighted by Gasteiger charge is -2.17. The number of rotatable bonds is 4. The molecule has 0 atom stereocenters. The highest BCUT2D eigenvalue weighted by molar-refractivity contribution is 6.03. The topological polar surface area (TPSA) is 54.0 Å². The van der Waals surface area contributed by atoms with Gasteiger partial charge in [-0.15, -0.1) is 0 Å². The van der Waals surface area contributed by atoms with E-state index < -0.39 is 5.82 Å². The van der Waals surface area contributed by atoms with Crippen molar-refractivity contribution in [3.63, 3.8) is 0 Å². The molecule has 0 spiro atoms. The summed E-state index contributed by atoms with van der Waals surface area (Å²) in [6.07, 6.45) is 9.30. The zero-order valence-electron chi connectivity index (χ0n) is 13.6. The molecule has 1 amide bonds. The molecule has 1 fully saturated rings. The van der Waals surface area contributed by atoms with E-state index in [9.17, 15) is 9.18 Å². The molecule has 1 saturated carbocycles. The Hall–Kier alpha value is -2.43. The second-order valence-corrected chi connectivity index (χ2v) is 6.23. The van der Waals surface area contributed by atoms with Crippen LogP contribution in [0.15, 0.2) is 42.6 Å². The van der Waals surface area contributed by atoms with Crippen LogP contribution in [-0.2, 0) is 0 Å². The van der Waals surface area contributed by atoms with E-state index in [0.717, 1.165) is 5.69 Å². The number of amides is 1. The van der Waals surface area contributed by atoms with Crippen LogP contribution in [-0.4, -0.2) is 16.9 Å². The summed E-state index contributed by atoms with van der Waals surface area (Å²) in [6.45, 7) is 0. The molecule has 0 aliphatic heterocycles. The molecule has 2 N–H and O–H groups in total. The van der Waals surface area contributed by atoms with E-state index >= 15 is 0 Å². The third-order valence-corrected chi connectivity index (χ3v) is 4.32. The minimum absolute atomic E-state index is 0.275. The van der Waals surface area contributed by atoms with Gasteiger partial charge in [-0.25, -0.2) is 9.37 Å². The highest BCUT2D eigenvalue weighted by atomic mass is 19.1. The van der Waals surface area contributed by atoms with Crippen LogP contribution in [0.2, 0.25) is 0 Å². The largest absolute Gasteiger partial charge is 0.381 e. The van der Waals surface area contributed by atoms with Gasteiger partial charge in [-0.3, -0.25) is 4.79 Å². The number of aromatic nitrogens is 1. The van der Waals surface area contributed by atoms with Crippen LogP contribution >= 0.6 is 0 Å². The molecule has 1 aliphatic rings. The molecule has 1 aromatic carbocycles. The number of hydrogen-bond donors (Lipinski definition) is 2. The van der Waals surface area contributed by atoms with Crippen molar-refractivity contribution in [1.82, 2.24) is 4.98 Å².